The molecule has 6 amide bonds. The van der Waals surface area contributed by atoms with Crippen LogP contribution in [0.15, 0.2) is 0 Å². The van der Waals surface area contributed by atoms with E-state index in [1.54, 1.807) is 0 Å². The molecule has 0 saturated carbocycles. The van der Waals surface area contributed by atoms with Gasteiger partial charge in [0, 0.05) is 32.6 Å². The number of amides is 6. The molecule has 8 atom stereocenters. The molecule has 17 N–H and O–H groups in total. The summed E-state index contributed by atoms with van der Waals surface area (Å²) >= 11 is 0. The molecule has 0 aliphatic carbocycles. The first-order valence-electron chi connectivity index (χ1n) is 21.8. The number of carbonyl (C=O) groups excluding carboxylic acids is 6. The molecule has 0 aromatic rings. The van der Waals surface area contributed by atoms with Gasteiger partial charge in [-0.05, 0) is 110 Å². The second kappa shape index (κ2) is 26.0. The van der Waals surface area contributed by atoms with Gasteiger partial charge >= 0.3 is 5.97 Å². The fourth-order valence-electron chi connectivity index (χ4n) is 8.25. The highest BCUT2D eigenvalue weighted by Gasteiger charge is 2.45. The van der Waals surface area contributed by atoms with E-state index in [0.29, 0.717) is 96.8 Å². The number of likely N-dealkylation sites (tertiary alicyclic amines) is 3. The predicted molar refractivity (Wildman–Crippen MR) is 225 cm³/mol. The zero-order chi connectivity index (χ0) is 45.1. The van der Waals surface area contributed by atoms with Gasteiger partial charge in [0.25, 0.3) is 0 Å². The van der Waals surface area contributed by atoms with Crippen molar-refractivity contribution in [3.8, 4) is 0 Å². The smallest absolute Gasteiger partial charge is 0.326 e. The Morgan fingerprint density at radius 2 is 1.07 bits per heavy atom. The third-order valence-corrected chi connectivity index (χ3v) is 11.6. The van der Waals surface area contributed by atoms with Gasteiger partial charge in [0.05, 0.1) is 12.1 Å². The number of carboxylic acid groups (broad SMARTS) is 1. The summed E-state index contributed by atoms with van der Waals surface area (Å²) in [5.74, 6) is -4.93. The van der Waals surface area contributed by atoms with Crippen LogP contribution in [0.5, 0.6) is 0 Å². The first kappa shape index (κ1) is 50.7. The average molecular weight is 866 g/mol. The molecule has 0 spiro atoms. The van der Waals surface area contributed by atoms with Crippen molar-refractivity contribution in [3.05, 3.63) is 0 Å². The molecule has 3 fully saturated rings. The van der Waals surface area contributed by atoms with Gasteiger partial charge in [-0.3, -0.25) is 34.2 Å². The van der Waals surface area contributed by atoms with Crippen LogP contribution < -0.4 is 49.9 Å². The Kier molecular flexibility index (Phi) is 21.6. The summed E-state index contributed by atoms with van der Waals surface area (Å²) in [5, 5.41) is 38.5. The second-order valence-electron chi connectivity index (χ2n) is 16.2. The number of aliphatic carboxylic acids is 1. The lowest BCUT2D eigenvalue weighted by Gasteiger charge is -2.33. The number of unbranched alkanes of at least 4 members (excludes halogenated alkanes) is 3. The maximum Gasteiger partial charge on any atom is 0.326 e. The number of carboxylic acids is 1. The van der Waals surface area contributed by atoms with E-state index in [4.69, 9.17) is 34.1 Å². The molecule has 3 aliphatic rings. The minimum atomic E-state index is -1.26. The van der Waals surface area contributed by atoms with E-state index in [2.05, 4.69) is 21.3 Å². The van der Waals surface area contributed by atoms with Crippen molar-refractivity contribution in [2.24, 2.45) is 28.7 Å². The number of guanidine groups is 1. The molecule has 3 aliphatic heterocycles. The minimum absolute atomic E-state index is 0.0448. The van der Waals surface area contributed by atoms with Crippen LogP contribution >= 0.6 is 0 Å². The molecule has 0 aromatic heterocycles. The summed E-state index contributed by atoms with van der Waals surface area (Å²) in [6.45, 7) is 1.68. The fourth-order valence-corrected chi connectivity index (χ4v) is 8.25. The quantitative estimate of drug-likeness (QED) is 0.0228. The molecule has 0 radical (unpaired) electrons. The van der Waals surface area contributed by atoms with Gasteiger partial charge in [-0.25, -0.2) is 4.79 Å². The molecule has 61 heavy (non-hydrogen) atoms. The van der Waals surface area contributed by atoms with Gasteiger partial charge in [0.15, 0.2) is 5.96 Å². The van der Waals surface area contributed by atoms with E-state index < -0.39 is 83.9 Å². The summed E-state index contributed by atoms with van der Waals surface area (Å²) in [5.41, 5.74) is 28.5. The molecule has 22 nitrogen and oxygen atoms in total. The third kappa shape index (κ3) is 15.3. The number of nitrogens with zero attached hydrogens (tertiary/aromatic N) is 3. The van der Waals surface area contributed by atoms with E-state index >= 15 is 0 Å². The standard InChI is InChI=1S/C39H71N13O9/c40-16-4-1-10-25(43)35(57)50-20-8-14-29(50)32(54)47-27(12-3-6-18-42)37(59)52-23-24(53)22-31(52)34(56)48-26(11-2-5-17-41)36(58)51-21-9-15-30(51)33(55)49-28(38(60)61)13-7-19-46-39(44)45/h24-31,53H,1-23,40-43H2,(H,47,54)(H,48,56)(H,49,55)(H,60,61)(H4,44,45,46)/t24-,25+,26+,27+,28+,29+,30+,31+/m1/s1. The molecule has 3 saturated heterocycles. The number of hydrogen-bond donors (Lipinski definition) is 12. The Labute approximate surface area is 357 Å². The lowest BCUT2D eigenvalue weighted by Crippen LogP contribution is -2.59. The number of β-amino-alcohol motifs (C(OH)–C–C–N with tert-alkyl or cyclic N) is 1. The zero-order valence-electron chi connectivity index (χ0n) is 35.4. The molecule has 3 rings (SSSR count). The summed E-state index contributed by atoms with van der Waals surface area (Å²) in [7, 11) is 0. The van der Waals surface area contributed by atoms with Crippen molar-refractivity contribution in [1.82, 2.24) is 36.0 Å². The number of aliphatic hydroxyl groups excluding tert-OH is 1. The van der Waals surface area contributed by atoms with Crippen molar-refractivity contribution < 1.29 is 43.8 Å². The molecule has 0 bridgehead atoms. The summed E-state index contributed by atoms with van der Waals surface area (Å²) in [6.07, 6.45) is 4.92. The molecule has 3 heterocycles. The number of nitrogens with two attached hydrogens (primary N) is 5. The van der Waals surface area contributed by atoms with E-state index in [-0.39, 0.29) is 63.6 Å². The fraction of sp³-hybridized carbons (Fsp3) is 0.795. The summed E-state index contributed by atoms with van der Waals surface area (Å²) < 4.78 is 0. The van der Waals surface area contributed by atoms with Crippen molar-refractivity contribution >= 4 is 47.4 Å². The van der Waals surface area contributed by atoms with Crippen LogP contribution in [0.1, 0.15) is 103 Å². The highest BCUT2D eigenvalue weighted by Crippen LogP contribution is 2.25. The second-order valence-corrected chi connectivity index (χ2v) is 16.2. The van der Waals surface area contributed by atoms with Gasteiger partial charge in [-0.15, -0.1) is 0 Å². The number of aliphatic hydroxyl groups is 1. The number of carbonyl (C=O) groups is 7. The van der Waals surface area contributed by atoms with Crippen LogP contribution in [0.3, 0.4) is 0 Å². The largest absolute Gasteiger partial charge is 0.480 e. The Bertz CT molecular complexity index is 1510. The lowest BCUT2D eigenvalue weighted by molar-refractivity contribution is -0.146. The van der Waals surface area contributed by atoms with E-state index in [1.165, 1.54) is 14.7 Å². The summed E-state index contributed by atoms with van der Waals surface area (Å²) in [6, 6.07) is -7.35. The van der Waals surface area contributed by atoms with Crippen LogP contribution in [0, 0.1) is 5.41 Å². The van der Waals surface area contributed by atoms with Crippen LogP contribution in [0.2, 0.25) is 0 Å². The Balaban J connectivity index is 1.77. The van der Waals surface area contributed by atoms with Gasteiger partial charge in [0.1, 0.15) is 36.3 Å². The Morgan fingerprint density at radius 3 is 1.56 bits per heavy atom. The lowest BCUT2D eigenvalue weighted by atomic mass is 10.0. The molecule has 346 valence electrons. The topological polar surface area (TPSA) is 372 Å². The number of hydrogen-bond acceptors (Lipinski definition) is 13. The number of nitrogens with one attached hydrogen (secondary N) is 5. The summed E-state index contributed by atoms with van der Waals surface area (Å²) in [4.78, 5) is 99.1. The van der Waals surface area contributed by atoms with Crippen molar-refractivity contribution in [3.63, 3.8) is 0 Å². The SMILES string of the molecule is N=C(N)NCCC[C@H](NC(=O)[C@@H]1CCCN1C(=O)[C@H](CCCCN)NC(=O)[C@@H]1C[C@@H](O)CN1C(=O)[C@H](CCCCN)NC(=O)[C@@H]1CCCN1C(=O)[C@@H](N)CCCCN)C(=O)O. The molecular weight excluding hydrogens is 795 g/mol. The van der Waals surface area contributed by atoms with Crippen LogP contribution in [0.25, 0.3) is 0 Å². The zero-order valence-corrected chi connectivity index (χ0v) is 35.4. The van der Waals surface area contributed by atoms with Gasteiger partial charge in [0.2, 0.25) is 35.4 Å². The molecule has 0 unspecified atom stereocenters. The normalized spacial score (nSPS) is 22.0. The first-order valence-corrected chi connectivity index (χ1v) is 21.8. The number of rotatable bonds is 26. The van der Waals surface area contributed by atoms with Crippen LogP contribution in [-0.2, 0) is 33.6 Å². The predicted octanol–water partition coefficient (Wildman–Crippen LogP) is -3.55. The minimum Gasteiger partial charge on any atom is -0.480 e. The van der Waals surface area contributed by atoms with Gasteiger partial charge < -0.3 is 74.8 Å². The molecule has 0 aromatic carbocycles. The van der Waals surface area contributed by atoms with Crippen molar-refractivity contribution in [2.45, 2.75) is 151 Å². The van der Waals surface area contributed by atoms with Gasteiger partial charge in [-0.1, -0.05) is 6.42 Å². The van der Waals surface area contributed by atoms with Crippen LogP contribution in [-0.4, -0.2) is 166 Å². The maximum atomic E-state index is 14.3. The van der Waals surface area contributed by atoms with Crippen LogP contribution in [0.4, 0.5) is 0 Å². The van der Waals surface area contributed by atoms with Gasteiger partial charge in [-0.2, -0.15) is 0 Å². The van der Waals surface area contributed by atoms with E-state index in [9.17, 15) is 43.8 Å². The molecule has 22 heteroatoms. The molecular formula is C39H71N13O9. The monoisotopic (exact) mass is 866 g/mol. The average Bonchev–Trinajstić information content (AvgIpc) is 4.01. The Morgan fingerprint density at radius 1 is 0.623 bits per heavy atom. The maximum absolute atomic E-state index is 14.3. The van der Waals surface area contributed by atoms with Crippen molar-refractivity contribution in [1.29, 1.82) is 5.41 Å². The van der Waals surface area contributed by atoms with E-state index in [0.717, 1.165) is 0 Å². The Hall–Kier alpha value is -4.64. The third-order valence-electron chi connectivity index (χ3n) is 11.6. The highest BCUT2D eigenvalue weighted by atomic mass is 16.4. The first-order chi connectivity index (χ1) is 29.1. The van der Waals surface area contributed by atoms with E-state index in [1.807, 2.05) is 0 Å². The highest BCUT2D eigenvalue weighted by molar-refractivity contribution is 5.97. The van der Waals surface area contributed by atoms with Crippen molar-refractivity contribution in [2.75, 3.05) is 45.8 Å².